The smallest absolute Gasteiger partial charge is 0.328 e. The Hall–Kier alpha value is -2.96. The van der Waals surface area contributed by atoms with Crippen LogP contribution < -0.4 is 11.2 Å². The lowest BCUT2D eigenvalue weighted by Crippen LogP contribution is -2.30. The first-order valence-electron chi connectivity index (χ1n) is 9.74. The summed E-state index contributed by atoms with van der Waals surface area (Å²) in [6.07, 6.45) is 2.23. The lowest BCUT2D eigenvalue weighted by atomic mass is 10.1. The van der Waals surface area contributed by atoms with E-state index in [1.54, 1.807) is 0 Å². The van der Waals surface area contributed by atoms with Crippen LogP contribution in [0.25, 0.3) is 0 Å². The molecule has 152 valence electrons. The van der Waals surface area contributed by atoms with Crippen molar-refractivity contribution in [1.29, 1.82) is 0 Å². The summed E-state index contributed by atoms with van der Waals surface area (Å²) in [5, 5.41) is 0. The summed E-state index contributed by atoms with van der Waals surface area (Å²) < 4.78 is 13.3. The highest BCUT2D eigenvalue weighted by atomic mass is 16.5. The van der Waals surface area contributed by atoms with Crippen LogP contribution in [-0.4, -0.2) is 22.8 Å². The molecule has 0 bridgehead atoms. The number of aromatic amines is 1. The van der Waals surface area contributed by atoms with Crippen molar-refractivity contribution >= 4 is 0 Å². The highest BCUT2D eigenvalue weighted by Crippen LogP contribution is 2.11. The first kappa shape index (κ1) is 20.8. The minimum Gasteiger partial charge on any atom is -0.376 e. The van der Waals surface area contributed by atoms with Gasteiger partial charge in [0.2, 0.25) is 0 Å². The molecule has 0 atom stereocenters. The maximum absolute atomic E-state index is 11.9. The van der Waals surface area contributed by atoms with Crippen molar-refractivity contribution in [3.05, 3.63) is 105 Å². The van der Waals surface area contributed by atoms with Crippen molar-refractivity contribution in [3.63, 3.8) is 0 Å². The van der Waals surface area contributed by atoms with Gasteiger partial charge in [-0.05, 0) is 17.5 Å². The molecule has 0 unspecified atom stereocenters. The topological polar surface area (TPSA) is 73.3 Å². The molecular formula is C23H26N2O4. The van der Waals surface area contributed by atoms with Gasteiger partial charge in [-0.3, -0.25) is 9.78 Å². The SMILES string of the molecule is O=c1ccn(CCC(COCc2ccccc2)COCc2ccccc2)c(=O)[nH]1. The summed E-state index contributed by atoms with van der Waals surface area (Å²) in [6.45, 7) is 2.62. The Balaban J connectivity index is 1.53. The van der Waals surface area contributed by atoms with Crippen LogP contribution in [0.4, 0.5) is 0 Å². The van der Waals surface area contributed by atoms with Gasteiger partial charge >= 0.3 is 5.69 Å². The number of aryl methyl sites for hydroxylation is 1. The van der Waals surface area contributed by atoms with Gasteiger partial charge in [-0.25, -0.2) is 4.79 Å². The Kier molecular flexibility index (Phi) is 7.98. The Morgan fingerprint density at radius 1 is 0.793 bits per heavy atom. The van der Waals surface area contributed by atoms with E-state index in [0.717, 1.165) is 11.1 Å². The molecule has 29 heavy (non-hydrogen) atoms. The largest absolute Gasteiger partial charge is 0.376 e. The third-order valence-corrected chi connectivity index (χ3v) is 4.61. The van der Waals surface area contributed by atoms with Gasteiger partial charge in [0.1, 0.15) is 0 Å². The van der Waals surface area contributed by atoms with Crippen LogP contribution in [-0.2, 0) is 29.2 Å². The number of ether oxygens (including phenoxy) is 2. The summed E-state index contributed by atoms with van der Waals surface area (Å²) in [6, 6.07) is 21.4. The van der Waals surface area contributed by atoms with Gasteiger partial charge in [0, 0.05) is 24.7 Å². The molecule has 0 fully saturated rings. The first-order valence-corrected chi connectivity index (χ1v) is 9.74. The van der Waals surface area contributed by atoms with Crippen LogP contribution in [0.3, 0.4) is 0 Å². The predicted octanol–water partition coefficient (Wildman–Crippen LogP) is 2.98. The average molecular weight is 394 g/mol. The molecule has 0 spiro atoms. The van der Waals surface area contributed by atoms with E-state index in [4.69, 9.17) is 9.47 Å². The number of aromatic nitrogens is 2. The zero-order valence-corrected chi connectivity index (χ0v) is 16.3. The monoisotopic (exact) mass is 394 g/mol. The molecule has 2 aromatic carbocycles. The second-order valence-electron chi connectivity index (χ2n) is 6.96. The number of nitrogens with zero attached hydrogens (tertiary/aromatic N) is 1. The van der Waals surface area contributed by atoms with Crippen molar-refractivity contribution in [3.8, 4) is 0 Å². The quantitative estimate of drug-likeness (QED) is 0.543. The molecular weight excluding hydrogens is 368 g/mol. The van der Waals surface area contributed by atoms with Gasteiger partial charge in [0.15, 0.2) is 0 Å². The Morgan fingerprint density at radius 3 is 1.86 bits per heavy atom. The molecule has 6 heteroatoms. The average Bonchev–Trinajstić information content (AvgIpc) is 2.74. The van der Waals surface area contributed by atoms with Crippen molar-refractivity contribution in [1.82, 2.24) is 9.55 Å². The fourth-order valence-corrected chi connectivity index (χ4v) is 2.99. The zero-order valence-electron chi connectivity index (χ0n) is 16.3. The van der Waals surface area contributed by atoms with Crippen LogP contribution in [0.1, 0.15) is 17.5 Å². The number of hydrogen-bond acceptors (Lipinski definition) is 4. The second-order valence-corrected chi connectivity index (χ2v) is 6.96. The standard InChI is InChI=1S/C23H26N2O4/c26-22-12-14-25(23(27)24-22)13-11-21(17-28-15-19-7-3-1-4-8-19)18-29-16-20-9-5-2-6-10-20/h1-10,12,14,21H,11,13,15-18H2,(H,24,26,27). The van der Waals surface area contributed by atoms with Crippen molar-refractivity contribution in [2.45, 2.75) is 26.2 Å². The minimum atomic E-state index is -0.397. The molecule has 3 rings (SSSR count). The molecule has 1 aromatic heterocycles. The number of hydrogen-bond donors (Lipinski definition) is 1. The van der Waals surface area contributed by atoms with Gasteiger partial charge in [0.25, 0.3) is 5.56 Å². The van der Waals surface area contributed by atoms with Crippen LogP contribution >= 0.6 is 0 Å². The molecule has 6 nitrogen and oxygen atoms in total. The predicted molar refractivity (Wildman–Crippen MR) is 112 cm³/mol. The number of nitrogens with one attached hydrogen (secondary N) is 1. The van der Waals surface area contributed by atoms with Crippen molar-refractivity contribution < 1.29 is 9.47 Å². The summed E-state index contributed by atoms with van der Waals surface area (Å²) in [4.78, 5) is 25.4. The van der Waals surface area contributed by atoms with Crippen molar-refractivity contribution in [2.24, 2.45) is 5.92 Å². The minimum absolute atomic E-state index is 0.126. The third-order valence-electron chi connectivity index (χ3n) is 4.61. The normalized spacial score (nSPS) is 11.1. The van der Waals surface area contributed by atoms with E-state index in [0.29, 0.717) is 39.4 Å². The maximum Gasteiger partial charge on any atom is 0.328 e. The fourth-order valence-electron chi connectivity index (χ4n) is 2.99. The highest BCUT2D eigenvalue weighted by molar-refractivity contribution is 5.14. The molecule has 1 N–H and O–H groups in total. The van der Waals surface area contributed by atoms with E-state index in [9.17, 15) is 9.59 Å². The van der Waals surface area contributed by atoms with Gasteiger partial charge < -0.3 is 14.0 Å². The molecule has 0 saturated carbocycles. The van der Waals surface area contributed by atoms with Crippen LogP contribution in [0, 0.1) is 5.92 Å². The first-order chi connectivity index (χ1) is 14.2. The second kappa shape index (κ2) is 11.1. The van der Waals surface area contributed by atoms with E-state index >= 15 is 0 Å². The molecule has 0 aliphatic rings. The third kappa shape index (κ3) is 7.18. The maximum atomic E-state index is 11.9. The lowest BCUT2D eigenvalue weighted by Gasteiger charge is -2.18. The van der Waals surface area contributed by atoms with Gasteiger partial charge in [-0.15, -0.1) is 0 Å². The zero-order chi connectivity index (χ0) is 20.3. The molecule has 0 radical (unpaired) electrons. The van der Waals surface area contributed by atoms with E-state index in [1.165, 1.54) is 16.8 Å². The van der Waals surface area contributed by atoms with E-state index < -0.39 is 5.69 Å². The van der Waals surface area contributed by atoms with Gasteiger partial charge in [0.05, 0.1) is 26.4 Å². The number of H-pyrrole nitrogens is 1. The van der Waals surface area contributed by atoms with Gasteiger partial charge in [-0.1, -0.05) is 60.7 Å². The van der Waals surface area contributed by atoms with E-state index in [-0.39, 0.29) is 11.5 Å². The highest BCUT2D eigenvalue weighted by Gasteiger charge is 2.11. The fraction of sp³-hybridized carbons (Fsp3) is 0.304. The Morgan fingerprint density at radius 2 is 1.34 bits per heavy atom. The molecule has 0 amide bonds. The summed E-state index contributed by atoms with van der Waals surface area (Å²) in [7, 11) is 0. The lowest BCUT2D eigenvalue weighted by molar-refractivity contribution is 0.0224. The van der Waals surface area contributed by atoms with E-state index in [1.807, 2.05) is 60.7 Å². The van der Waals surface area contributed by atoms with Crippen LogP contribution in [0.15, 0.2) is 82.5 Å². The Bertz CT molecular complexity index is 922. The number of rotatable bonds is 11. The molecule has 1 heterocycles. The molecule has 3 aromatic rings. The van der Waals surface area contributed by atoms with E-state index in [2.05, 4.69) is 4.98 Å². The molecule has 0 aliphatic heterocycles. The van der Waals surface area contributed by atoms with Gasteiger partial charge in [-0.2, -0.15) is 0 Å². The van der Waals surface area contributed by atoms with Crippen LogP contribution in [0.2, 0.25) is 0 Å². The molecule has 0 aliphatic carbocycles. The Labute approximate surface area is 169 Å². The summed E-state index contributed by atoms with van der Waals surface area (Å²) in [5.74, 6) is 0.126. The summed E-state index contributed by atoms with van der Waals surface area (Å²) >= 11 is 0. The van der Waals surface area contributed by atoms with Crippen molar-refractivity contribution in [2.75, 3.05) is 13.2 Å². The van der Waals surface area contributed by atoms with Crippen LogP contribution in [0.5, 0.6) is 0 Å². The molecule has 0 saturated heterocycles. The number of benzene rings is 2. The summed E-state index contributed by atoms with van der Waals surface area (Å²) in [5.41, 5.74) is 1.45.